The van der Waals surface area contributed by atoms with E-state index in [0.29, 0.717) is 12.5 Å². The fourth-order valence-electron chi connectivity index (χ4n) is 1.43. The van der Waals surface area contributed by atoms with Crippen LogP contribution < -0.4 is 5.32 Å². The van der Waals surface area contributed by atoms with Gasteiger partial charge in [-0.1, -0.05) is 31.9 Å². The number of nitrogens with one attached hydrogen (secondary N) is 1. The third kappa shape index (κ3) is 7.59. The van der Waals surface area contributed by atoms with Crippen molar-refractivity contribution in [2.24, 2.45) is 5.92 Å². The second-order valence-corrected chi connectivity index (χ2v) is 8.94. The summed E-state index contributed by atoms with van der Waals surface area (Å²) in [5.41, 5.74) is -0.602. The van der Waals surface area contributed by atoms with Gasteiger partial charge in [-0.3, -0.25) is 4.79 Å². The van der Waals surface area contributed by atoms with Crippen molar-refractivity contribution in [3.63, 3.8) is 0 Å². The Morgan fingerprint density at radius 3 is 2.35 bits per heavy atom. The van der Waals surface area contributed by atoms with E-state index in [2.05, 4.69) is 37.2 Å². The fraction of sp³-hybridized carbons (Fsp3) is 0.846. The smallest absolute Gasteiger partial charge is 0.408 e. The molecule has 1 aliphatic carbocycles. The highest BCUT2D eigenvalue weighted by Crippen LogP contribution is 2.28. The molecule has 0 heterocycles. The number of ether oxygens (including phenoxy) is 2. The SMILES string of the molecule is CC(C)(C)OC(=O)N[C@@H](COCC1CC1)C(=O)C(Br)Br. The molecule has 1 N–H and O–H groups in total. The molecule has 1 fully saturated rings. The first-order valence-electron chi connectivity index (χ1n) is 6.58. The molecule has 1 rings (SSSR count). The molecule has 5 nitrogen and oxygen atoms in total. The number of halogens is 2. The van der Waals surface area contributed by atoms with Crippen molar-refractivity contribution in [1.82, 2.24) is 5.32 Å². The van der Waals surface area contributed by atoms with Crippen molar-refractivity contribution in [1.29, 1.82) is 0 Å². The molecule has 0 bridgehead atoms. The number of alkyl halides is 2. The number of Topliss-reactive ketones (excluding diaryl/α,β-unsaturated/α-hetero) is 1. The van der Waals surface area contributed by atoms with Crippen LogP contribution in [-0.4, -0.2) is 40.5 Å². The average molecular weight is 415 g/mol. The normalized spacial score (nSPS) is 16.9. The summed E-state index contributed by atoms with van der Waals surface area (Å²) < 4.78 is 10.1. The minimum atomic E-state index is -0.729. The molecule has 1 amide bonds. The van der Waals surface area contributed by atoms with Crippen molar-refractivity contribution in [2.75, 3.05) is 13.2 Å². The Morgan fingerprint density at radius 2 is 1.90 bits per heavy atom. The average Bonchev–Trinajstić information content (AvgIpc) is 3.08. The van der Waals surface area contributed by atoms with Gasteiger partial charge in [-0.15, -0.1) is 0 Å². The molecule has 0 aromatic rings. The molecule has 20 heavy (non-hydrogen) atoms. The Morgan fingerprint density at radius 1 is 1.30 bits per heavy atom. The summed E-state index contributed by atoms with van der Waals surface area (Å²) in [6, 6.07) is -0.729. The molecule has 116 valence electrons. The maximum atomic E-state index is 12.0. The molecule has 1 aliphatic rings. The molecule has 7 heteroatoms. The van der Waals surface area contributed by atoms with Crippen LogP contribution >= 0.6 is 31.9 Å². The van der Waals surface area contributed by atoms with E-state index in [1.54, 1.807) is 20.8 Å². The first kappa shape index (κ1) is 17.9. The third-order valence-electron chi connectivity index (χ3n) is 2.58. The van der Waals surface area contributed by atoms with Crippen LogP contribution in [0.25, 0.3) is 0 Å². The van der Waals surface area contributed by atoms with E-state index in [-0.39, 0.29) is 12.4 Å². The number of alkyl carbamates (subject to hydrolysis) is 1. The second-order valence-electron chi connectivity index (χ2n) is 5.88. The van der Waals surface area contributed by atoms with Crippen molar-refractivity contribution in [2.45, 2.75) is 49.0 Å². The van der Waals surface area contributed by atoms with Crippen LogP contribution in [0.3, 0.4) is 0 Å². The second kappa shape index (κ2) is 7.75. The predicted molar refractivity (Wildman–Crippen MR) is 83.3 cm³/mol. The largest absolute Gasteiger partial charge is 0.444 e. The van der Waals surface area contributed by atoms with Crippen LogP contribution in [0.2, 0.25) is 0 Å². The summed E-state index contributed by atoms with van der Waals surface area (Å²) in [5.74, 6) is 0.405. The summed E-state index contributed by atoms with van der Waals surface area (Å²) in [6.45, 7) is 6.09. The quantitative estimate of drug-likeness (QED) is 0.650. The van der Waals surface area contributed by atoms with Gasteiger partial charge in [0.15, 0.2) is 5.78 Å². The Bertz CT molecular complexity index is 351. The molecule has 1 atom stereocenters. The van der Waals surface area contributed by atoms with Crippen LogP contribution in [0.4, 0.5) is 4.79 Å². The van der Waals surface area contributed by atoms with Gasteiger partial charge in [0, 0.05) is 6.61 Å². The van der Waals surface area contributed by atoms with Crippen molar-refractivity contribution >= 4 is 43.7 Å². The van der Waals surface area contributed by atoms with E-state index >= 15 is 0 Å². The summed E-state index contributed by atoms with van der Waals surface area (Å²) in [4.78, 5) is 23.7. The van der Waals surface area contributed by atoms with E-state index in [1.165, 1.54) is 12.8 Å². The molecule has 0 aromatic heterocycles. The number of carbonyl (C=O) groups is 2. The van der Waals surface area contributed by atoms with Crippen LogP contribution in [0.1, 0.15) is 33.6 Å². The zero-order valence-electron chi connectivity index (χ0n) is 11.9. The van der Waals surface area contributed by atoms with E-state index in [1.807, 2.05) is 0 Å². The Labute approximate surface area is 136 Å². The van der Waals surface area contributed by atoms with Gasteiger partial charge < -0.3 is 14.8 Å². The van der Waals surface area contributed by atoms with Crippen LogP contribution in [0.15, 0.2) is 0 Å². The van der Waals surface area contributed by atoms with Crippen LogP contribution in [0, 0.1) is 5.92 Å². The van der Waals surface area contributed by atoms with Gasteiger partial charge in [-0.2, -0.15) is 0 Å². The Balaban J connectivity index is 2.47. The first-order chi connectivity index (χ1) is 9.19. The van der Waals surface area contributed by atoms with Crippen molar-refractivity contribution < 1.29 is 19.1 Å². The number of rotatable bonds is 7. The summed E-state index contributed by atoms with van der Waals surface area (Å²) in [7, 11) is 0. The monoisotopic (exact) mass is 413 g/mol. The van der Waals surface area contributed by atoms with Crippen molar-refractivity contribution in [3.8, 4) is 0 Å². The highest BCUT2D eigenvalue weighted by atomic mass is 79.9. The van der Waals surface area contributed by atoms with E-state index < -0.39 is 21.5 Å². The van der Waals surface area contributed by atoms with Crippen LogP contribution in [0.5, 0.6) is 0 Å². The number of carbonyl (C=O) groups excluding carboxylic acids is 2. The van der Waals surface area contributed by atoms with Gasteiger partial charge in [0.2, 0.25) is 0 Å². The lowest BCUT2D eigenvalue weighted by molar-refractivity contribution is -0.120. The Hall–Kier alpha value is -0.140. The zero-order valence-corrected chi connectivity index (χ0v) is 15.1. The first-order valence-corrected chi connectivity index (χ1v) is 8.41. The topological polar surface area (TPSA) is 64.6 Å². The molecule has 0 unspecified atom stereocenters. The number of hydrogen-bond acceptors (Lipinski definition) is 4. The minimum absolute atomic E-state index is 0.155. The molecule has 0 saturated heterocycles. The summed E-state index contributed by atoms with van der Waals surface area (Å²) in [5, 5.41) is 2.55. The van der Waals surface area contributed by atoms with E-state index in [0.717, 1.165) is 0 Å². The van der Waals surface area contributed by atoms with Gasteiger partial charge in [0.25, 0.3) is 0 Å². The standard InChI is InChI=1S/C13H21Br2NO4/c1-13(2,3)20-12(18)16-9(10(17)11(14)15)7-19-6-8-4-5-8/h8-9,11H,4-7H2,1-3H3,(H,16,18)/t9-/m0/s1. The molecule has 0 aliphatic heterocycles. The third-order valence-corrected chi connectivity index (χ3v) is 3.49. The number of ketones is 1. The Kier molecular flexibility index (Phi) is 6.94. The van der Waals surface area contributed by atoms with Gasteiger partial charge in [-0.25, -0.2) is 4.79 Å². The molecule has 0 radical (unpaired) electrons. The lowest BCUT2D eigenvalue weighted by Gasteiger charge is -2.23. The van der Waals surface area contributed by atoms with Crippen molar-refractivity contribution in [3.05, 3.63) is 0 Å². The summed E-state index contributed by atoms with van der Waals surface area (Å²) in [6.07, 6.45) is 1.74. The highest BCUT2D eigenvalue weighted by Gasteiger charge is 2.29. The predicted octanol–water partition coefficient (Wildman–Crippen LogP) is 2.99. The van der Waals surface area contributed by atoms with E-state index in [4.69, 9.17) is 9.47 Å². The highest BCUT2D eigenvalue weighted by molar-refractivity contribution is 9.25. The van der Waals surface area contributed by atoms with E-state index in [9.17, 15) is 9.59 Å². The maximum absolute atomic E-state index is 12.0. The molecular weight excluding hydrogens is 394 g/mol. The lowest BCUT2D eigenvalue weighted by Crippen LogP contribution is -2.47. The molecular formula is C13H21Br2NO4. The number of amides is 1. The van der Waals surface area contributed by atoms with Gasteiger partial charge in [0.1, 0.15) is 15.4 Å². The fourth-order valence-corrected chi connectivity index (χ4v) is 2.07. The molecule has 0 spiro atoms. The van der Waals surface area contributed by atoms with Gasteiger partial charge in [-0.05, 0) is 39.5 Å². The molecule has 0 aromatic carbocycles. The summed E-state index contributed by atoms with van der Waals surface area (Å²) >= 11 is 6.29. The number of hydrogen-bond donors (Lipinski definition) is 1. The van der Waals surface area contributed by atoms with Gasteiger partial charge in [0.05, 0.1) is 6.61 Å². The lowest BCUT2D eigenvalue weighted by atomic mass is 10.2. The maximum Gasteiger partial charge on any atom is 0.408 e. The zero-order chi connectivity index (χ0) is 15.3. The molecule has 1 saturated carbocycles. The van der Waals surface area contributed by atoms with Gasteiger partial charge >= 0.3 is 6.09 Å². The van der Waals surface area contributed by atoms with Crippen LogP contribution in [-0.2, 0) is 14.3 Å². The minimum Gasteiger partial charge on any atom is -0.444 e.